The van der Waals surface area contributed by atoms with E-state index in [0.29, 0.717) is 11.5 Å². The van der Waals surface area contributed by atoms with Gasteiger partial charge in [-0.05, 0) is 24.6 Å². The van der Waals surface area contributed by atoms with Crippen molar-refractivity contribution in [2.75, 3.05) is 12.8 Å². The van der Waals surface area contributed by atoms with E-state index < -0.39 is 0 Å². The maximum absolute atomic E-state index is 5.75. The lowest BCUT2D eigenvalue weighted by molar-refractivity contribution is 1.40. The van der Waals surface area contributed by atoms with Crippen LogP contribution in [-0.4, -0.2) is 19.2 Å². The van der Waals surface area contributed by atoms with Gasteiger partial charge in [0, 0.05) is 18.3 Å². The van der Waals surface area contributed by atoms with Crippen LogP contribution in [0.5, 0.6) is 0 Å². The lowest BCUT2D eigenvalue weighted by Crippen LogP contribution is -2.15. The van der Waals surface area contributed by atoms with Crippen molar-refractivity contribution in [1.29, 1.82) is 0 Å². The van der Waals surface area contributed by atoms with E-state index in [9.17, 15) is 0 Å². The van der Waals surface area contributed by atoms with Crippen LogP contribution in [0.1, 0.15) is 11.1 Å². The summed E-state index contributed by atoms with van der Waals surface area (Å²) in [7, 11) is 1.64. The first-order valence-electron chi connectivity index (χ1n) is 4.25. The SMILES string of the molecule is CN=CN=C(N)c1cc(N)ccc1C. The number of nitrogens with two attached hydrogens (primary N) is 2. The van der Waals surface area contributed by atoms with Gasteiger partial charge in [0.25, 0.3) is 0 Å². The van der Waals surface area contributed by atoms with Gasteiger partial charge in [0.1, 0.15) is 12.2 Å². The molecular weight excluding hydrogens is 176 g/mol. The van der Waals surface area contributed by atoms with Crippen LogP contribution in [0.15, 0.2) is 28.2 Å². The molecule has 0 fully saturated rings. The fourth-order valence-corrected chi connectivity index (χ4v) is 1.11. The van der Waals surface area contributed by atoms with Crippen molar-refractivity contribution >= 4 is 17.9 Å². The average molecular weight is 190 g/mol. The maximum atomic E-state index is 5.75. The molecule has 14 heavy (non-hydrogen) atoms. The first-order valence-corrected chi connectivity index (χ1v) is 4.25. The molecule has 1 aromatic rings. The standard InChI is InChI=1S/C10H14N4/c1-7-3-4-8(11)5-9(7)10(12)14-6-13-2/h3-6H,11H2,1-2H3,(H2,12,13,14). The van der Waals surface area contributed by atoms with Crippen molar-refractivity contribution in [2.24, 2.45) is 15.7 Å². The van der Waals surface area contributed by atoms with E-state index >= 15 is 0 Å². The van der Waals surface area contributed by atoms with Crippen molar-refractivity contribution in [3.8, 4) is 0 Å². The number of aryl methyl sites for hydroxylation is 1. The summed E-state index contributed by atoms with van der Waals surface area (Å²) in [5, 5.41) is 0. The predicted molar refractivity (Wildman–Crippen MR) is 60.7 cm³/mol. The third-order valence-electron chi connectivity index (χ3n) is 1.85. The smallest absolute Gasteiger partial charge is 0.132 e. The highest BCUT2D eigenvalue weighted by molar-refractivity contribution is 6.02. The van der Waals surface area contributed by atoms with Gasteiger partial charge in [-0.15, -0.1) is 0 Å². The third-order valence-corrected chi connectivity index (χ3v) is 1.85. The summed E-state index contributed by atoms with van der Waals surface area (Å²) in [4.78, 5) is 7.69. The number of anilines is 1. The normalized spacial score (nSPS) is 12.3. The molecule has 0 unspecified atom stereocenters. The quantitative estimate of drug-likeness (QED) is 0.413. The Hall–Kier alpha value is -1.84. The molecule has 0 saturated heterocycles. The van der Waals surface area contributed by atoms with Crippen molar-refractivity contribution in [1.82, 2.24) is 0 Å². The lowest BCUT2D eigenvalue weighted by atomic mass is 10.1. The van der Waals surface area contributed by atoms with Gasteiger partial charge in [-0.2, -0.15) is 0 Å². The van der Waals surface area contributed by atoms with Gasteiger partial charge in [0.05, 0.1) is 0 Å². The number of aliphatic imine (C=N–C) groups is 2. The van der Waals surface area contributed by atoms with E-state index in [-0.39, 0.29) is 0 Å². The van der Waals surface area contributed by atoms with E-state index in [1.54, 1.807) is 13.1 Å². The molecule has 0 saturated carbocycles. The number of hydrogen-bond acceptors (Lipinski definition) is 2. The molecule has 0 aliphatic heterocycles. The summed E-state index contributed by atoms with van der Waals surface area (Å²) in [6.45, 7) is 1.96. The van der Waals surface area contributed by atoms with Gasteiger partial charge >= 0.3 is 0 Å². The molecule has 0 aliphatic rings. The van der Waals surface area contributed by atoms with Gasteiger partial charge in [0.15, 0.2) is 0 Å². The molecular formula is C10H14N4. The maximum Gasteiger partial charge on any atom is 0.132 e. The summed E-state index contributed by atoms with van der Waals surface area (Å²) >= 11 is 0. The second-order valence-electron chi connectivity index (χ2n) is 2.96. The number of rotatable bonds is 2. The fraction of sp³-hybridized carbons (Fsp3) is 0.200. The Morgan fingerprint density at radius 1 is 1.43 bits per heavy atom. The zero-order valence-corrected chi connectivity index (χ0v) is 8.36. The molecule has 4 heteroatoms. The highest BCUT2D eigenvalue weighted by atomic mass is 14.9. The minimum atomic E-state index is 0.431. The van der Waals surface area contributed by atoms with Gasteiger partial charge < -0.3 is 11.5 Å². The number of hydrogen-bond donors (Lipinski definition) is 2. The van der Waals surface area contributed by atoms with Crippen LogP contribution in [0.4, 0.5) is 5.69 Å². The molecule has 0 heterocycles. The lowest BCUT2D eigenvalue weighted by Gasteiger charge is -2.04. The molecule has 0 bridgehead atoms. The second kappa shape index (κ2) is 4.41. The Morgan fingerprint density at radius 2 is 2.14 bits per heavy atom. The van der Waals surface area contributed by atoms with Crippen LogP contribution < -0.4 is 11.5 Å². The number of benzene rings is 1. The molecule has 4 nitrogen and oxygen atoms in total. The molecule has 74 valence electrons. The molecule has 0 atom stereocenters. The minimum Gasteiger partial charge on any atom is -0.399 e. The van der Waals surface area contributed by atoms with E-state index in [1.165, 1.54) is 6.34 Å². The number of nitrogen functional groups attached to an aromatic ring is 1. The molecule has 0 spiro atoms. The fourth-order valence-electron chi connectivity index (χ4n) is 1.11. The Bertz CT molecular complexity index is 380. The molecule has 0 amide bonds. The number of nitrogens with zero attached hydrogens (tertiary/aromatic N) is 2. The van der Waals surface area contributed by atoms with Gasteiger partial charge in [-0.1, -0.05) is 6.07 Å². The zero-order valence-electron chi connectivity index (χ0n) is 8.36. The van der Waals surface area contributed by atoms with Crippen LogP contribution in [-0.2, 0) is 0 Å². The molecule has 1 aromatic carbocycles. The van der Waals surface area contributed by atoms with Crippen LogP contribution in [0.2, 0.25) is 0 Å². The van der Waals surface area contributed by atoms with Gasteiger partial charge in [0.2, 0.25) is 0 Å². The van der Waals surface area contributed by atoms with Crippen molar-refractivity contribution in [3.05, 3.63) is 29.3 Å². The van der Waals surface area contributed by atoms with E-state index in [2.05, 4.69) is 9.98 Å². The number of amidine groups is 1. The van der Waals surface area contributed by atoms with E-state index in [4.69, 9.17) is 11.5 Å². The highest BCUT2D eigenvalue weighted by Crippen LogP contribution is 2.11. The molecule has 0 aliphatic carbocycles. The summed E-state index contributed by atoms with van der Waals surface area (Å²) in [5.74, 6) is 0.431. The van der Waals surface area contributed by atoms with Crippen LogP contribution in [0.3, 0.4) is 0 Å². The molecule has 1 rings (SSSR count). The van der Waals surface area contributed by atoms with Crippen molar-refractivity contribution in [3.63, 3.8) is 0 Å². The highest BCUT2D eigenvalue weighted by Gasteiger charge is 2.02. The second-order valence-corrected chi connectivity index (χ2v) is 2.96. The molecule has 0 radical (unpaired) electrons. The third kappa shape index (κ3) is 2.32. The van der Waals surface area contributed by atoms with Crippen LogP contribution >= 0.6 is 0 Å². The summed E-state index contributed by atoms with van der Waals surface area (Å²) in [6.07, 6.45) is 1.41. The molecule has 4 N–H and O–H groups in total. The topological polar surface area (TPSA) is 76.8 Å². The molecule has 0 aromatic heterocycles. The zero-order chi connectivity index (χ0) is 10.6. The van der Waals surface area contributed by atoms with E-state index in [0.717, 1.165) is 11.1 Å². The largest absolute Gasteiger partial charge is 0.399 e. The Labute approximate surface area is 83.4 Å². The first-order chi connectivity index (χ1) is 6.65. The average Bonchev–Trinajstić information content (AvgIpc) is 2.18. The van der Waals surface area contributed by atoms with Crippen LogP contribution in [0, 0.1) is 6.92 Å². The summed E-state index contributed by atoms with van der Waals surface area (Å²) < 4.78 is 0. The van der Waals surface area contributed by atoms with Crippen LogP contribution in [0.25, 0.3) is 0 Å². The van der Waals surface area contributed by atoms with Crippen molar-refractivity contribution < 1.29 is 0 Å². The Kier molecular flexibility index (Phi) is 3.23. The van der Waals surface area contributed by atoms with Gasteiger partial charge in [-0.3, -0.25) is 4.99 Å². The summed E-state index contributed by atoms with van der Waals surface area (Å²) in [5.41, 5.74) is 14.0. The Balaban J connectivity index is 3.11. The minimum absolute atomic E-state index is 0.431. The summed E-state index contributed by atoms with van der Waals surface area (Å²) in [6, 6.07) is 5.55. The monoisotopic (exact) mass is 190 g/mol. The van der Waals surface area contributed by atoms with Crippen molar-refractivity contribution in [2.45, 2.75) is 6.92 Å². The van der Waals surface area contributed by atoms with Gasteiger partial charge in [-0.25, -0.2) is 4.99 Å². The Morgan fingerprint density at radius 3 is 2.79 bits per heavy atom. The first kappa shape index (κ1) is 10.2. The predicted octanol–water partition coefficient (Wildman–Crippen LogP) is 0.941. The van der Waals surface area contributed by atoms with E-state index in [1.807, 2.05) is 19.1 Å².